The number of fused-ring (bicyclic) bond motifs is 1. The first-order valence-electron chi connectivity index (χ1n) is 6.26. The number of methoxy groups -OCH3 is 1. The maximum atomic E-state index is 11.5. The molecule has 0 atom stereocenters. The van der Waals surface area contributed by atoms with Crippen LogP contribution in [0.2, 0.25) is 0 Å². The molecule has 0 spiro atoms. The van der Waals surface area contributed by atoms with Crippen LogP contribution in [0.15, 0.2) is 42.6 Å². The van der Waals surface area contributed by atoms with E-state index < -0.39 is 5.97 Å². The Morgan fingerprint density at radius 2 is 1.95 bits per heavy atom. The van der Waals surface area contributed by atoms with Gasteiger partial charge < -0.3 is 10.5 Å². The molecule has 2 heterocycles. The van der Waals surface area contributed by atoms with E-state index in [0.29, 0.717) is 11.5 Å². The van der Waals surface area contributed by atoms with E-state index in [1.807, 2.05) is 36.4 Å². The average Bonchev–Trinajstić information content (AvgIpc) is 2.53. The molecule has 2 aromatic heterocycles. The zero-order chi connectivity index (χ0) is 14.8. The number of ether oxygens (including phenoxy) is 1. The van der Waals surface area contributed by atoms with Crippen molar-refractivity contribution in [1.29, 1.82) is 0 Å². The summed E-state index contributed by atoms with van der Waals surface area (Å²) in [5, 5.41) is 1.03. The van der Waals surface area contributed by atoms with Gasteiger partial charge in [-0.15, -0.1) is 0 Å². The maximum Gasteiger partial charge on any atom is 0.343 e. The molecular formula is C15H12N4O2. The molecule has 2 N–H and O–H groups in total. The molecule has 3 rings (SSSR count). The van der Waals surface area contributed by atoms with Crippen molar-refractivity contribution in [3.63, 3.8) is 0 Å². The van der Waals surface area contributed by atoms with Gasteiger partial charge in [-0.25, -0.2) is 19.7 Å². The van der Waals surface area contributed by atoms with Gasteiger partial charge in [0.2, 0.25) is 0 Å². The molecule has 104 valence electrons. The van der Waals surface area contributed by atoms with Crippen LogP contribution in [0.1, 0.15) is 10.4 Å². The van der Waals surface area contributed by atoms with Gasteiger partial charge in [0.15, 0.2) is 5.82 Å². The number of para-hydroxylation sites is 1. The smallest absolute Gasteiger partial charge is 0.343 e. The van der Waals surface area contributed by atoms with Crippen molar-refractivity contribution in [3.8, 4) is 11.5 Å². The van der Waals surface area contributed by atoms with E-state index in [4.69, 9.17) is 5.73 Å². The minimum atomic E-state index is -0.564. The van der Waals surface area contributed by atoms with Crippen LogP contribution in [-0.4, -0.2) is 28.0 Å². The highest BCUT2D eigenvalue weighted by Gasteiger charge is 2.14. The molecule has 0 unspecified atom stereocenters. The number of rotatable bonds is 2. The number of aromatic nitrogens is 3. The molecule has 0 bridgehead atoms. The molecule has 3 aromatic rings. The third-order valence-corrected chi connectivity index (χ3v) is 3.05. The number of nitrogen functional groups attached to an aromatic ring is 1. The van der Waals surface area contributed by atoms with Gasteiger partial charge >= 0.3 is 5.97 Å². The summed E-state index contributed by atoms with van der Waals surface area (Å²) in [5.41, 5.74) is 7.35. The number of nitrogens with two attached hydrogens (primary N) is 1. The van der Waals surface area contributed by atoms with E-state index in [2.05, 4.69) is 19.7 Å². The quantitative estimate of drug-likeness (QED) is 0.722. The minimum Gasteiger partial charge on any atom is -0.465 e. The summed E-state index contributed by atoms with van der Waals surface area (Å²) < 4.78 is 4.61. The van der Waals surface area contributed by atoms with E-state index in [9.17, 15) is 4.79 Å². The second-order valence-electron chi connectivity index (χ2n) is 4.37. The molecule has 1 aromatic carbocycles. The first kappa shape index (κ1) is 13.0. The Hall–Kier alpha value is -3.02. The molecule has 6 nitrogen and oxygen atoms in total. The number of anilines is 1. The third-order valence-electron chi connectivity index (χ3n) is 3.05. The van der Waals surface area contributed by atoms with Gasteiger partial charge in [0.05, 0.1) is 12.6 Å². The Morgan fingerprint density at radius 1 is 1.14 bits per heavy atom. The highest BCUT2D eigenvalue weighted by atomic mass is 16.5. The van der Waals surface area contributed by atoms with E-state index in [-0.39, 0.29) is 11.4 Å². The molecule has 0 fully saturated rings. The first-order valence-corrected chi connectivity index (χ1v) is 6.26. The fourth-order valence-corrected chi connectivity index (χ4v) is 1.98. The van der Waals surface area contributed by atoms with E-state index in [1.54, 1.807) is 0 Å². The number of carbonyl (C=O) groups is 1. The number of benzene rings is 1. The summed E-state index contributed by atoms with van der Waals surface area (Å²) in [6, 6.07) is 11.5. The zero-order valence-corrected chi connectivity index (χ0v) is 11.3. The number of esters is 1. The van der Waals surface area contributed by atoms with E-state index in [1.165, 1.54) is 13.3 Å². The summed E-state index contributed by atoms with van der Waals surface area (Å²) in [4.78, 5) is 24.2. The van der Waals surface area contributed by atoms with Crippen LogP contribution in [0.3, 0.4) is 0 Å². The topological polar surface area (TPSA) is 91.0 Å². The van der Waals surface area contributed by atoms with E-state index >= 15 is 0 Å². The van der Waals surface area contributed by atoms with Crippen LogP contribution >= 0.6 is 0 Å². The van der Waals surface area contributed by atoms with Gasteiger partial charge in [0, 0.05) is 11.6 Å². The van der Waals surface area contributed by atoms with E-state index in [0.717, 1.165) is 10.9 Å². The second kappa shape index (κ2) is 5.16. The van der Waals surface area contributed by atoms with Crippen molar-refractivity contribution in [1.82, 2.24) is 15.0 Å². The molecule has 0 amide bonds. The van der Waals surface area contributed by atoms with Crippen LogP contribution in [0.4, 0.5) is 5.82 Å². The van der Waals surface area contributed by atoms with Crippen LogP contribution in [0, 0.1) is 0 Å². The summed E-state index contributed by atoms with van der Waals surface area (Å²) in [6.07, 6.45) is 1.35. The lowest BCUT2D eigenvalue weighted by Crippen LogP contribution is -2.09. The molecule has 0 saturated carbocycles. The first-order chi connectivity index (χ1) is 10.2. The summed E-state index contributed by atoms with van der Waals surface area (Å²) in [7, 11) is 1.28. The lowest BCUT2D eigenvalue weighted by atomic mass is 10.2. The fraction of sp³-hybridized carbons (Fsp3) is 0.0667. The van der Waals surface area contributed by atoms with Crippen molar-refractivity contribution in [3.05, 3.63) is 48.2 Å². The van der Waals surface area contributed by atoms with Crippen LogP contribution in [-0.2, 0) is 4.74 Å². The molecule has 0 saturated heterocycles. The molecule has 21 heavy (non-hydrogen) atoms. The van der Waals surface area contributed by atoms with Gasteiger partial charge in [-0.05, 0) is 12.1 Å². The van der Waals surface area contributed by atoms with Gasteiger partial charge in [-0.2, -0.15) is 0 Å². The van der Waals surface area contributed by atoms with Gasteiger partial charge in [-0.3, -0.25) is 0 Å². The van der Waals surface area contributed by atoms with Crippen molar-refractivity contribution < 1.29 is 9.53 Å². The fourth-order valence-electron chi connectivity index (χ4n) is 1.98. The van der Waals surface area contributed by atoms with Gasteiger partial charge in [-0.1, -0.05) is 24.3 Å². The Bertz CT molecular complexity index is 833. The van der Waals surface area contributed by atoms with Gasteiger partial charge in [0.1, 0.15) is 17.1 Å². The monoisotopic (exact) mass is 280 g/mol. The second-order valence-corrected chi connectivity index (χ2v) is 4.37. The van der Waals surface area contributed by atoms with Gasteiger partial charge in [0.25, 0.3) is 0 Å². The number of hydrogen-bond donors (Lipinski definition) is 1. The Kier molecular flexibility index (Phi) is 3.19. The molecule has 0 aliphatic carbocycles. The summed E-state index contributed by atoms with van der Waals surface area (Å²) in [6.45, 7) is 0. The lowest BCUT2D eigenvalue weighted by molar-refractivity contribution is 0.0601. The van der Waals surface area contributed by atoms with Crippen molar-refractivity contribution in [2.45, 2.75) is 0 Å². The number of nitrogens with zero attached hydrogens (tertiary/aromatic N) is 3. The maximum absolute atomic E-state index is 11.5. The predicted octanol–water partition coefficient (Wildman–Crippen LogP) is 2.06. The predicted molar refractivity (Wildman–Crippen MR) is 78.5 cm³/mol. The molecule has 6 heteroatoms. The lowest BCUT2D eigenvalue weighted by Gasteiger charge is -2.05. The Labute approximate surface area is 120 Å². The van der Waals surface area contributed by atoms with Crippen molar-refractivity contribution >= 4 is 22.7 Å². The highest BCUT2D eigenvalue weighted by Crippen LogP contribution is 2.19. The molecule has 0 aliphatic heterocycles. The Balaban J connectivity index is 2.06. The molecular weight excluding hydrogens is 268 g/mol. The van der Waals surface area contributed by atoms with Crippen LogP contribution < -0.4 is 5.73 Å². The minimum absolute atomic E-state index is 0.0711. The largest absolute Gasteiger partial charge is 0.465 e. The van der Waals surface area contributed by atoms with Crippen molar-refractivity contribution in [2.75, 3.05) is 12.8 Å². The summed E-state index contributed by atoms with van der Waals surface area (Å²) >= 11 is 0. The number of carbonyl (C=O) groups excluding carboxylic acids is 1. The number of pyridine rings is 1. The molecule has 0 radical (unpaired) electrons. The zero-order valence-electron chi connectivity index (χ0n) is 11.3. The third kappa shape index (κ3) is 2.38. The summed E-state index contributed by atoms with van der Waals surface area (Å²) in [5.74, 6) is -0.127. The average molecular weight is 280 g/mol. The standard InChI is InChI=1S/C15H12N4O2/c1-21-15(20)10-8-17-14(19-13(10)16)12-7-6-9-4-2-3-5-11(9)18-12/h2-8H,1H3,(H2,16,17,19). The highest BCUT2D eigenvalue weighted by molar-refractivity contribution is 5.94. The van der Waals surface area contributed by atoms with Crippen LogP contribution in [0.25, 0.3) is 22.4 Å². The van der Waals surface area contributed by atoms with Crippen molar-refractivity contribution in [2.24, 2.45) is 0 Å². The normalized spacial score (nSPS) is 10.5. The van der Waals surface area contributed by atoms with Crippen LogP contribution in [0.5, 0.6) is 0 Å². The molecule has 0 aliphatic rings. The number of hydrogen-bond acceptors (Lipinski definition) is 6. The Morgan fingerprint density at radius 3 is 2.71 bits per heavy atom. The SMILES string of the molecule is COC(=O)c1cnc(-c2ccc3ccccc3n2)nc1N.